The Kier molecular flexibility index (Phi) is 4.06. The molecule has 1 aliphatic rings. The van der Waals surface area contributed by atoms with Crippen LogP contribution in [0.5, 0.6) is 0 Å². The summed E-state index contributed by atoms with van der Waals surface area (Å²) in [5.41, 5.74) is 3.43. The predicted octanol–water partition coefficient (Wildman–Crippen LogP) is 3.02. The number of carbonyl (C=O) groups is 1. The number of nitrogens with zero attached hydrogens (tertiary/aromatic N) is 5. The minimum absolute atomic E-state index is 0.0976. The number of hydrogen-bond donors (Lipinski definition) is 0. The Morgan fingerprint density at radius 3 is 2.81 bits per heavy atom. The zero-order valence-electron chi connectivity index (χ0n) is 15.1. The standard InChI is InChI=1S/C19H21N5O2/c1-12-9-13(2)24(21-12)16-6-4-5-15(10-16)19(25)23(3)11-17-20-18(22-26-17)14-7-8-14/h4-6,9-10,14H,7-8,11H2,1-3H3. The van der Waals surface area contributed by atoms with E-state index in [0.717, 1.165) is 35.7 Å². The molecule has 0 spiro atoms. The van der Waals surface area contributed by atoms with Gasteiger partial charge in [0.15, 0.2) is 5.82 Å². The topological polar surface area (TPSA) is 77.0 Å². The Hall–Kier alpha value is -2.96. The van der Waals surface area contributed by atoms with Crippen molar-refractivity contribution in [1.29, 1.82) is 0 Å². The van der Waals surface area contributed by atoms with Crippen molar-refractivity contribution in [2.75, 3.05) is 7.05 Å². The first-order chi connectivity index (χ1) is 12.5. The van der Waals surface area contributed by atoms with E-state index < -0.39 is 0 Å². The first kappa shape index (κ1) is 16.5. The lowest BCUT2D eigenvalue weighted by molar-refractivity contribution is 0.0769. The second-order valence-corrected chi connectivity index (χ2v) is 6.87. The van der Waals surface area contributed by atoms with E-state index in [1.807, 2.05) is 42.8 Å². The van der Waals surface area contributed by atoms with Gasteiger partial charge in [-0.15, -0.1) is 0 Å². The number of aryl methyl sites for hydroxylation is 2. The maximum atomic E-state index is 12.8. The molecule has 1 aromatic carbocycles. The molecule has 2 heterocycles. The largest absolute Gasteiger partial charge is 0.337 e. The van der Waals surface area contributed by atoms with Crippen molar-refractivity contribution in [3.05, 3.63) is 59.0 Å². The van der Waals surface area contributed by atoms with Crippen LogP contribution in [0.4, 0.5) is 0 Å². The maximum absolute atomic E-state index is 12.8. The summed E-state index contributed by atoms with van der Waals surface area (Å²) in [7, 11) is 1.74. The number of amides is 1. The fraction of sp³-hybridized carbons (Fsp3) is 0.368. The SMILES string of the molecule is Cc1cc(C)n(-c2cccc(C(=O)N(C)Cc3nc(C4CC4)no3)c2)n1. The number of carbonyl (C=O) groups excluding carboxylic acids is 1. The van der Waals surface area contributed by atoms with Crippen LogP contribution >= 0.6 is 0 Å². The number of hydrogen-bond acceptors (Lipinski definition) is 5. The highest BCUT2D eigenvalue weighted by molar-refractivity contribution is 5.94. The lowest BCUT2D eigenvalue weighted by Gasteiger charge is -2.15. The highest BCUT2D eigenvalue weighted by atomic mass is 16.5. The van der Waals surface area contributed by atoms with E-state index >= 15 is 0 Å². The third-order valence-corrected chi connectivity index (χ3v) is 4.49. The second kappa shape index (κ2) is 6.40. The average Bonchev–Trinajstić information content (AvgIpc) is 3.28. The van der Waals surface area contributed by atoms with Gasteiger partial charge in [-0.3, -0.25) is 4.79 Å². The zero-order chi connectivity index (χ0) is 18.3. The summed E-state index contributed by atoms with van der Waals surface area (Å²) in [4.78, 5) is 18.8. The molecule has 1 aliphatic carbocycles. The van der Waals surface area contributed by atoms with Crippen LogP contribution in [0.3, 0.4) is 0 Å². The average molecular weight is 351 g/mol. The molecular formula is C19H21N5O2. The minimum Gasteiger partial charge on any atom is -0.337 e. The van der Waals surface area contributed by atoms with Gasteiger partial charge in [0, 0.05) is 24.2 Å². The Morgan fingerprint density at radius 2 is 2.12 bits per heavy atom. The van der Waals surface area contributed by atoms with Gasteiger partial charge in [-0.05, 0) is 51.0 Å². The normalized spacial score (nSPS) is 13.8. The molecule has 4 rings (SSSR count). The monoisotopic (exact) mass is 351 g/mol. The van der Waals surface area contributed by atoms with E-state index in [1.165, 1.54) is 0 Å². The number of aromatic nitrogens is 4. The van der Waals surface area contributed by atoms with Gasteiger partial charge in [-0.2, -0.15) is 10.1 Å². The van der Waals surface area contributed by atoms with Crippen LogP contribution in [0.15, 0.2) is 34.9 Å². The van der Waals surface area contributed by atoms with Crippen molar-refractivity contribution >= 4 is 5.91 Å². The van der Waals surface area contributed by atoms with Gasteiger partial charge in [-0.1, -0.05) is 11.2 Å². The van der Waals surface area contributed by atoms with Crippen molar-refractivity contribution in [3.63, 3.8) is 0 Å². The Labute approximate surface area is 151 Å². The molecule has 0 radical (unpaired) electrons. The molecule has 0 saturated heterocycles. The van der Waals surface area contributed by atoms with Gasteiger partial charge in [0.1, 0.15) is 0 Å². The minimum atomic E-state index is -0.0976. The van der Waals surface area contributed by atoms with E-state index in [4.69, 9.17) is 4.52 Å². The van der Waals surface area contributed by atoms with Crippen LogP contribution < -0.4 is 0 Å². The zero-order valence-corrected chi connectivity index (χ0v) is 15.1. The molecule has 3 aromatic rings. The summed E-state index contributed by atoms with van der Waals surface area (Å²) in [6, 6.07) is 9.47. The fourth-order valence-corrected chi connectivity index (χ4v) is 3.00. The molecule has 1 fully saturated rings. The van der Waals surface area contributed by atoms with Crippen LogP contribution in [-0.4, -0.2) is 37.8 Å². The number of rotatable bonds is 5. The summed E-state index contributed by atoms with van der Waals surface area (Å²) in [6.07, 6.45) is 2.24. The van der Waals surface area contributed by atoms with Crippen molar-refractivity contribution in [2.45, 2.75) is 39.2 Å². The van der Waals surface area contributed by atoms with Crippen molar-refractivity contribution in [1.82, 2.24) is 24.8 Å². The lowest BCUT2D eigenvalue weighted by Crippen LogP contribution is -2.26. The first-order valence-corrected chi connectivity index (χ1v) is 8.73. The molecule has 2 aromatic heterocycles. The highest BCUT2D eigenvalue weighted by Crippen LogP contribution is 2.38. The van der Waals surface area contributed by atoms with Gasteiger partial charge in [-0.25, -0.2) is 4.68 Å². The lowest BCUT2D eigenvalue weighted by atomic mass is 10.1. The third-order valence-electron chi connectivity index (χ3n) is 4.49. The van der Waals surface area contributed by atoms with Gasteiger partial charge < -0.3 is 9.42 Å². The molecule has 0 bridgehead atoms. The van der Waals surface area contributed by atoms with Crippen LogP contribution in [-0.2, 0) is 6.54 Å². The highest BCUT2D eigenvalue weighted by Gasteiger charge is 2.29. The van der Waals surface area contributed by atoms with Crippen LogP contribution in [0.25, 0.3) is 5.69 Å². The molecule has 1 amide bonds. The van der Waals surface area contributed by atoms with E-state index in [9.17, 15) is 4.79 Å². The van der Waals surface area contributed by atoms with Crippen molar-refractivity contribution < 1.29 is 9.32 Å². The van der Waals surface area contributed by atoms with Gasteiger partial charge in [0.25, 0.3) is 5.91 Å². The van der Waals surface area contributed by atoms with Crippen LogP contribution in [0.1, 0.15) is 52.2 Å². The van der Waals surface area contributed by atoms with Crippen LogP contribution in [0.2, 0.25) is 0 Å². The molecular weight excluding hydrogens is 330 g/mol. The number of benzene rings is 1. The van der Waals surface area contributed by atoms with Crippen molar-refractivity contribution in [3.8, 4) is 5.69 Å². The molecule has 7 heteroatoms. The summed E-state index contributed by atoms with van der Waals surface area (Å²) >= 11 is 0. The van der Waals surface area contributed by atoms with Crippen LogP contribution in [0, 0.1) is 13.8 Å². The van der Waals surface area contributed by atoms with Gasteiger partial charge in [0.05, 0.1) is 17.9 Å². The van der Waals surface area contributed by atoms with E-state index in [-0.39, 0.29) is 5.91 Å². The second-order valence-electron chi connectivity index (χ2n) is 6.87. The Bertz CT molecular complexity index is 955. The summed E-state index contributed by atoms with van der Waals surface area (Å²) < 4.78 is 7.10. The summed E-state index contributed by atoms with van der Waals surface area (Å²) in [5, 5.41) is 8.47. The van der Waals surface area contributed by atoms with Crippen molar-refractivity contribution in [2.24, 2.45) is 0 Å². The van der Waals surface area contributed by atoms with E-state index in [0.29, 0.717) is 23.9 Å². The maximum Gasteiger partial charge on any atom is 0.254 e. The van der Waals surface area contributed by atoms with E-state index in [1.54, 1.807) is 18.0 Å². The quantitative estimate of drug-likeness (QED) is 0.706. The molecule has 0 N–H and O–H groups in total. The molecule has 134 valence electrons. The van der Waals surface area contributed by atoms with Gasteiger partial charge >= 0.3 is 0 Å². The predicted molar refractivity (Wildman–Crippen MR) is 95.1 cm³/mol. The fourth-order valence-electron chi connectivity index (χ4n) is 3.00. The van der Waals surface area contributed by atoms with Gasteiger partial charge in [0.2, 0.25) is 5.89 Å². The molecule has 26 heavy (non-hydrogen) atoms. The Balaban J connectivity index is 1.51. The first-order valence-electron chi connectivity index (χ1n) is 8.73. The Morgan fingerprint density at radius 1 is 1.31 bits per heavy atom. The third kappa shape index (κ3) is 3.24. The van der Waals surface area contributed by atoms with E-state index in [2.05, 4.69) is 15.2 Å². The smallest absolute Gasteiger partial charge is 0.254 e. The molecule has 0 aliphatic heterocycles. The summed E-state index contributed by atoms with van der Waals surface area (Å²) in [5.74, 6) is 1.57. The molecule has 0 unspecified atom stereocenters. The molecule has 1 saturated carbocycles. The summed E-state index contributed by atoms with van der Waals surface area (Å²) in [6.45, 7) is 4.24. The molecule has 7 nitrogen and oxygen atoms in total. The molecule has 0 atom stereocenters.